The molecule has 0 saturated heterocycles. The van der Waals surface area contributed by atoms with Crippen molar-refractivity contribution in [3.63, 3.8) is 0 Å². The number of fused-ring (bicyclic) bond motifs is 1. The number of rotatable bonds is 4. The van der Waals surface area contributed by atoms with Gasteiger partial charge in [0.1, 0.15) is 6.54 Å². The molecule has 0 saturated carbocycles. The Morgan fingerprint density at radius 1 is 1.42 bits per heavy atom. The lowest BCUT2D eigenvalue weighted by Crippen LogP contribution is -2.33. The van der Waals surface area contributed by atoms with Gasteiger partial charge in [-0.25, -0.2) is 0 Å². The molecule has 0 aromatic heterocycles. The second-order valence-corrected chi connectivity index (χ2v) is 4.66. The zero-order valence-corrected chi connectivity index (χ0v) is 10.8. The lowest BCUT2D eigenvalue weighted by Gasteiger charge is -2.27. The van der Waals surface area contributed by atoms with Crippen LogP contribution in [0.25, 0.3) is 0 Å². The Labute approximate surface area is 111 Å². The molecule has 5 nitrogen and oxygen atoms in total. The molecule has 102 valence electrons. The van der Waals surface area contributed by atoms with E-state index in [1.54, 1.807) is 0 Å². The lowest BCUT2D eigenvalue weighted by atomic mass is 9.95. The van der Waals surface area contributed by atoms with Crippen LogP contribution < -0.4 is 0 Å². The fourth-order valence-electron chi connectivity index (χ4n) is 2.25. The first-order chi connectivity index (χ1) is 9.08. The van der Waals surface area contributed by atoms with Crippen molar-refractivity contribution in [3.8, 4) is 0 Å². The molecule has 1 aliphatic heterocycles. The maximum absolute atomic E-state index is 11.9. The first-order valence-corrected chi connectivity index (χ1v) is 6.23. The standard InChI is InChI=1S/C14H17NO4/c1-15(9-14(17)18)13(16)8-12-11-5-3-2-4-10(11)6-7-19-12/h2-5,12H,6-9H2,1H3,(H,17,18). The third-order valence-corrected chi connectivity index (χ3v) is 3.25. The van der Waals surface area contributed by atoms with Crippen molar-refractivity contribution < 1.29 is 19.4 Å². The predicted octanol–water partition coefficient (Wildman–Crippen LogP) is 1.23. The minimum atomic E-state index is -1.01. The van der Waals surface area contributed by atoms with Crippen molar-refractivity contribution in [3.05, 3.63) is 35.4 Å². The zero-order chi connectivity index (χ0) is 13.8. The van der Waals surface area contributed by atoms with Crippen LogP contribution in [0, 0.1) is 0 Å². The molecule has 1 N–H and O–H groups in total. The fourth-order valence-corrected chi connectivity index (χ4v) is 2.25. The van der Waals surface area contributed by atoms with E-state index in [9.17, 15) is 9.59 Å². The third-order valence-electron chi connectivity index (χ3n) is 3.25. The number of ether oxygens (including phenoxy) is 1. The number of amides is 1. The second-order valence-electron chi connectivity index (χ2n) is 4.66. The van der Waals surface area contributed by atoms with E-state index in [4.69, 9.17) is 9.84 Å². The number of likely N-dealkylation sites (N-methyl/N-ethyl adjacent to an activating group) is 1. The van der Waals surface area contributed by atoms with Gasteiger partial charge in [-0.2, -0.15) is 0 Å². The zero-order valence-electron chi connectivity index (χ0n) is 10.8. The van der Waals surface area contributed by atoms with E-state index in [1.807, 2.05) is 24.3 Å². The first kappa shape index (κ1) is 13.5. The lowest BCUT2D eigenvalue weighted by molar-refractivity contribution is -0.144. The highest BCUT2D eigenvalue weighted by molar-refractivity contribution is 5.81. The molecule has 1 atom stereocenters. The molecule has 1 aromatic carbocycles. The highest BCUT2D eigenvalue weighted by Gasteiger charge is 2.24. The average molecular weight is 263 g/mol. The Bertz CT molecular complexity index is 486. The molecule has 1 aromatic rings. The van der Waals surface area contributed by atoms with Crippen LogP contribution >= 0.6 is 0 Å². The van der Waals surface area contributed by atoms with Crippen molar-refractivity contribution >= 4 is 11.9 Å². The van der Waals surface area contributed by atoms with Crippen LogP contribution in [-0.2, 0) is 20.7 Å². The Morgan fingerprint density at radius 2 is 2.16 bits per heavy atom. The van der Waals surface area contributed by atoms with Crippen molar-refractivity contribution in [2.45, 2.75) is 18.9 Å². The molecule has 2 rings (SSSR count). The average Bonchev–Trinajstić information content (AvgIpc) is 2.38. The highest BCUT2D eigenvalue weighted by atomic mass is 16.5. The van der Waals surface area contributed by atoms with E-state index in [2.05, 4.69) is 0 Å². The van der Waals surface area contributed by atoms with Crippen LogP contribution in [0.15, 0.2) is 24.3 Å². The highest BCUT2D eigenvalue weighted by Crippen LogP contribution is 2.29. The molecule has 0 spiro atoms. The van der Waals surface area contributed by atoms with E-state index in [1.165, 1.54) is 17.5 Å². The summed E-state index contributed by atoms with van der Waals surface area (Å²) >= 11 is 0. The number of benzene rings is 1. The minimum Gasteiger partial charge on any atom is -0.480 e. The molecule has 19 heavy (non-hydrogen) atoms. The van der Waals surface area contributed by atoms with E-state index in [0.717, 1.165) is 12.0 Å². The van der Waals surface area contributed by atoms with Gasteiger partial charge in [0.2, 0.25) is 5.91 Å². The number of carbonyl (C=O) groups excluding carboxylic acids is 1. The van der Waals surface area contributed by atoms with Crippen LogP contribution in [-0.4, -0.2) is 42.1 Å². The first-order valence-electron chi connectivity index (χ1n) is 6.23. The van der Waals surface area contributed by atoms with Gasteiger partial charge in [-0.15, -0.1) is 0 Å². The van der Waals surface area contributed by atoms with E-state index >= 15 is 0 Å². The summed E-state index contributed by atoms with van der Waals surface area (Å²) in [5.41, 5.74) is 2.23. The van der Waals surface area contributed by atoms with Crippen LogP contribution in [0.1, 0.15) is 23.7 Å². The Morgan fingerprint density at radius 3 is 2.89 bits per heavy atom. The summed E-state index contributed by atoms with van der Waals surface area (Å²) in [6.07, 6.45) is 0.765. The summed E-state index contributed by atoms with van der Waals surface area (Å²) in [7, 11) is 1.49. The van der Waals surface area contributed by atoms with Gasteiger partial charge in [-0.05, 0) is 17.5 Å². The van der Waals surface area contributed by atoms with Crippen molar-refractivity contribution in [1.82, 2.24) is 4.90 Å². The molecular formula is C14H17NO4. The number of carbonyl (C=O) groups is 2. The maximum atomic E-state index is 11.9. The van der Waals surface area contributed by atoms with Gasteiger partial charge in [0, 0.05) is 7.05 Å². The van der Waals surface area contributed by atoms with Gasteiger partial charge in [0.05, 0.1) is 19.1 Å². The Kier molecular flexibility index (Phi) is 4.16. The molecule has 0 fully saturated rings. The summed E-state index contributed by atoms with van der Waals surface area (Å²) in [6, 6.07) is 7.89. The molecule has 1 amide bonds. The fraction of sp³-hybridized carbons (Fsp3) is 0.429. The number of carboxylic acid groups (broad SMARTS) is 1. The van der Waals surface area contributed by atoms with Crippen molar-refractivity contribution in [2.24, 2.45) is 0 Å². The van der Waals surface area contributed by atoms with Gasteiger partial charge >= 0.3 is 5.97 Å². The smallest absolute Gasteiger partial charge is 0.323 e. The molecule has 0 bridgehead atoms. The summed E-state index contributed by atoms with van der Waals surface area (Å²) < 4.78 is 5.64. The quantitative estimate of drug-likeness (QED) is 0.887. The predicted molar refractivity (Wildman–Crippen MR) is 68.7 cm³/mol. The molecule has 0 aliphatic carbocycles. The summed E-state index contributed by atoms with van der Waals surface area (Å²) in [5, 5.41) is 8.67. The van der Waals surface area contributed by atoms with Gasteiger partial charge in [-0.3, -0.25) is 9.59 Å². The number of hydrogen-bond donors (Lipinski definition) is 1. The van der Waals surface area contributed by atoms with Gasteiger partial charge in [-0.1, -0.05) is 24.3 Å². The van der Waals surface area contributed by atoms with E-state index in [-0.39, 0.29) is 25.0 Å². The molecule has 1 unspecified atom stereocenters. The van der Waals surface area contributed by atoms with Crippen LogP contribution in [0.2, 0.25) is 0 Å². The van der Waals surface area contributed by atoms with Gasteiger partial charge < -0.3 is 14.7 Å². The molecular weight excluding hydrogens is 246 g/mol. The number of hydrogen-bond acceptors (Lipinski definition) is 3. The second kappa shape index (κ2) is 5.84. The topological polar surface area (TPSA) is 66.8 Å². The van der Waals surface area contributed by atoms with E-state index < -0.39 is 5.97 Å². The monoisotopic (exact) mass is 263 g/mol. The minimum absolute atomic E-state index is 0.181. The molecule has 0 radical (unpaired) electrons. The molecule has 1 heterocycles. The van der Waals surface area contributed by atoms with Crippen LogP contribution in [0.3, 0.4) is 0 Å². The molecule has 5 heteroatoms. The van der Waals surface area contributed by atoms with Gasteiger partial charge in [0.15, 0.2) is 0 Å². The third kappa shape index (κ3) is 3.32. The van der Waals surface area contributed by atoms with Crippen LogP contribution in [0.4, 0.5) is 0 Å². The van der Waals surface area contributed by atoms with E-state index in [0.29, 0.717) is 6.61 Å². The summed E-state index contributed by atoms with van der Waals surface area (Å²) in [4.78, 5) is 23.7. The summed E-state index contributed by atoms with van der Waals surface area (Å²) in [5.74, 6) is -1.23. The normalized spacial score (nSPS) is 17.6. The largest absolute Gasteiger partial charge is 0.480 e. The number of carboxylic acids is 1. The SMILES string of the molecule is CN(CC(=O)O)C(=O)CC1OCCc2ccccc21. The van der Waals surface area contributed by atoms with Crippen molar-refractivity contribution in [2.75, 3.05) is 20.2 Å². The maximum Gasteiger partial charge on any atom is 0.323 e. The number of nitrogens with zero attached hydrogens (tertiary/aromatic N) is 1. The van der Waals surface area contributed by atoms with Gasteiger partial charge in [0.25, 0.3) is 0 Å². The Balaban J connectivity index is 2.04. The number of aliphatic carboxylic acids is 1. The Hall–Kier alpha value is -1.88. The van der Waals surface area contributed by atoms with Crippen LogP contribution in [0.5, 0.6) is 0 Å². The molecule has 1 aliphatic rings. The summed E-state index contributed by atoms with van der Waals surface area (Å²) in [6.45, 7) is 0.310. The van der Waals surface area contributed by atoms with Crippen molar-refractivity contribution in [1.29, 1.82) is 0 Å².